The minimum Gasteiger partial charge on any atom is -0.352 e. The molecule has 4 aromatic rings. The number of hydrogen-bond acceptors (Lipinski definition) is 4. The summed E-state index contributed by atoms with van der Waals surface area (Å²) >= 11 is 0. The van der Waals surface area contributed by atoms with E-state index in [0.29, 0.717) is 29.7 Å². The van der Waals surface area contributed by atoms with Gasteiger partial charge in [0.15, 0.2) is 5.52 Å². The Hall–Kier alpha value is -3.88. The molecule has 32 heavy (non-hydrogen) atoms. The summed E-state index contributed by atoms with van der Waals surface area (Å²) in [7, 11) is 0. The van der Waals surface area contributed by atoms with Crippen LogP contribution in [0.1, 0.15) is 24.1 Å². The van der Waals surface area contributed by atoms with Gasteiger partial charge in [0.05, 0.1) is 11.4 Å². The Morgan fingerprint density at radius 2 is 1.66 bits per heavy atom. The molecule has 0 saturated carbocycles. The molecule has 0 saturated heterocycles. The number of amides is 1. The molecule has 2 heterocycles. The number of carbonyl (C=O) groups excluding carboxylic acids is 1. The Morgan fingerprint density at radius 3 is 2.34 bits per heavy atom. The highest BCUT2D eigenvalue weighted by molar-refractivity contribution is 5.79. The highest BCUT2D eigenvalue weighted by Crippen LogP contribution is 2.16. The van der Waals surface area contributed by atoms with Crippen molar-refractivity contribution in [2.24, 2.45) is 0 Å². The van der Waals surface area contributed by atoms with Crippen LogP contribution in [0.5, 0.6) is 0 Å². The topological polar surface area (TPSA) is 81.8 Å². The van der Waals surface area contributed by atoms with E-state index in [1.54, 1.807) is 37.4 Å². The number of nitrogens with one attached hydrogen (secondary N) is 1. The summed E-state index contributed by atoms with van der Waals surface area (Å²) in [6.45, 7) is 2.36. The average Bonchev–Trinajstić information content (AvgIpc) is 3.24. The maximum atomic E-state index is 13.2. The van der Waals surface area contributed by atoms with Crippen molar-refractivity contribution < 1.29 is 13.6 Å². The van der Waals surface area contributed by atoms with Gasteiger partial charge in [-0.3, -0.25) is 9.59 Å². The van der Waals surface area contributed by atoms with Crippen molar-refractivity contribution >= 4 is 16.8 Å². The molecule has 1 amide bonds. The lowest BCUT2D eigenvalue weighted by molar-refractivity contribution is -0.121. The van der Waals surface area contributed by atoms with E-state index in [1.807, 2.05) is 0 Å². The first-order valence-electron chi connectivity index (χ1n) is 10.1. The molecular weight excluding hydrogens is 416 g/mol. The van der Waals surface area contributed by atoms with Crippen LogP contribution in [-0.4, -0.2) is 25.5 Å². The van der Waals surface area contributed by atoms with Gasteiger partial charge in [-0.05, 0) is 55.3 Å². The molecule has 0 aliphatic heterocycles. The van der Waals surface area contributed by atoms with Gasteiger partial charge >= 0.3 is 0 Å². The van der Waals surface area contributed by atoms with Gasteiger partial charge in [0.1, 0.15) is 11.6 Å². The standard InChI is InChI=1S/C23H21F2N5O2/c1-15-20-14-30(19-10-8-18(25)9-11-19)28-22(20)23(32)29(27-15)12-2-3-21(31)26-13-16-4-6-17(24)7-5-16/h4-11,14H,2-3,12-13H2,1H3,(H,26,31). The van der Waals surface area contributed by atoms with E-state index in [2.05, 4.69) is 15.5 Å². The molecule has 0 spiro atoms. The first kappa shape index (κ1) is 21.4. The summed E-state index contributed by atoms with van der Waals surface area (Å²) in [5.41, 5.74) is 1.98. The van der Waals surface area contributed by atoms with E-state index in [-0.39, 0.29) is 41.6 Å². The molecule has 4 rings (SSSR count). The molecular formula is C23H21F2N5O2. The number of aryl methyl sites for hydroxylation is 2. The minimum atomic E-state index is -0.354. The molecule has 0 aliphatic rings. The highest BCUT2D eigenvalue weighted by atomic mass is 19.1. The average molecular weight is 437 g/mol. The molecule has 9 heteroatoms. The van der Waals surface area contributed by atoms with Crippen LogP contribution in [-0.2, 0) is 17.9 Å². The Balaban J connectivity index is 1.41. The number of rotatable bonds is 7. The molecule has 164 valence electrons. The third-order valence-corrected chi connectivity index (χ3v) is 5.08. The van der Waals surface area contributed by atoms with Gasteiger partial charge in [-0.15, -0.1) is 0 Å². The van der Waals surface area contributed by atoms with Crippen LogP contribution in [0.15, 0.2) is 59.5 Å². The van der Waals surface area contributed by atoms with Crippen LogP contribution >= 0.6 is 0 Å². The third-order valence-electron chi connectivity index (χ3n) is 5.08. The second-order valence-corrected chi connectivity index (χ2v) is 7.43. The molecule has 2 aromatic carbocycles. The van der Waals surface area contributed by atoms with E-state index < -0.39 is 0 Å². The Morgan fingerprint density at radius 1 is 1.00 bits per heavy atom. The first-order chi connectivity index (χ1) is 15.4. The van der Waals surface area contributed by atoms with Gasteiger partial charge in [-0.2, -0.15) is 10.2 Å². The number of carbonyl (C=O) groups is 1. The third kappa shape index (κ3) is 4.72. The van der Waals surface area contributed by atoms with Crippen molar-refractivity contribution in [1.82, 2.24) is 24.9 Å². The lowest BCUT2D eigenvalue weighted by Crippen LogP contribution is -2.26. The SMILES string of the molecule is Cc1nn(CCCC(=O)NCc2ccc(F)cc2)c(=O)c2nn(-c3ccc(F)cc3)cc12. The Kier molecular flexibility index (Phi) is 6.07. The second-order valence-electron chi connectivity index (χ2n) is 7.43. The van der Waals surface area contributed by atoms with E-state index in [0.717, 1.165) is 5.56 Å². The normalized spacial score (nSPS) is 11.1. The zero-order chi connectivity index (χ0) is 22.7. The number of benzene rings is 2. The monoisotopic (exact) mass is 437 g/mol. The van der Waals surface area contributed by atoms with E-state index in [1.165, 1.54) is 33.6 Å². The number of halogens is 2. The second kappa shape index (κ2) is 9.09. The van der Waals surface area contributed by atoms with Crippen molar-refractivity contribution in [3.05, 3.63) is 88.0 Å². The number of aromatic nitrogens is 4. The van der Waals surface area contributed by atoms with Crippen LogP contribution in [0, 0.1) is 18.6 Å². The maximum Gasteiger partial charge on any atom is 0.295 e. The fraction of sp³-hybridized carbons (Fsp3) is 0.217. The minimum absolute atomic E-state index is 0.166. The molecule has 0 fully saturated rings. The molecule has 2 aromatic heterocycles. The van der Waals surface area contributed by atoms with Crippen LogP contribution in [0.3, 0.4) is 0 Å². The molecule has 0 aliphatic carbocycles. The van der Waals surface area contributed by atoms with Crippen molar-refractivity contribution in [3.63, 3.8) is 0 Å². The summed E-state index contributed by atoms with van der Waals surface area (Å²) in [6, 6.07) is 11.7. The van der Waals surface area contributed by atoms with Crippen LogP contribution in [0.2, 0.25) is 0 Å². The smallest absolute Gasteiger partial charge is 0.295 e. The Labute approximate surface area is 182 Å². The quantitative estimate of drug-likeness (QED) is 0.481. The molecule has 0 bridgehead atoms. The molecule has 0 radical (unpaired) electrons. The van der Waals surface area contributed by atoms with Crippen molar-refractivity contribution in [2.45, 2.75) is 32.9 Å². The fourth-order valence-corrected chi connectivity index (χ4v) is 3.36. The van der Waals surface area contributed by atoms with E-state index in [9.17, 15) is 18.4 Å². The summed E-state index contributed by atoms with van der Waals surface area (Å²) in [4.78, 5) is 24.9. The van der Waals surface area contributed by atoms with Gasteiger partial charge in [0.25, 0.3) is 5.56 Å². The number of nitrogens with zero attached hydrogens (tertiary/aromatic N) is 4. The van der Waals surface area contributed by atoms with Gasteiger partial charge in [-0.25, -0.2) is 18.1 Å². The zero-order valence-corrected chi connectivity index (χ0v) is 17.4. The number of fused-ring (bicyclic) bond motifs is 1. The summed E-state index contributed by atoms with van der Waals surface area (Å²) in [5.74, 6) is -0.846. The lowest BCUT2D eigenvalue weighted by Gasteiger charge is -2.07. The van der Waals surface area contributed by atoms with Gasteiger partial charge in [0.2, 0.25) is 5.91 Å². The summed E-state index contributed by atoms with van der Waals surface area (Å²) in [6.07, 6.45) is 2.34. The van der Waals surface area contributed by atoms with Crippen molar-refractivity contribution in [1.29, 1.82) is 0 Å². The largest absolute Gasteiger partial charge is 0.352 e. The van der Waals surface area contributed by atoms with Crippen LogP contribution in [0.4, 0.5) is 8.78 Å². The Bertz CT molecular complexity index is 1310. The molecule has 7 nitrogen and oxygen atoms in total. The van der Waals surface area contributed by atoms with Crippen molar-refractivity contribution in [3.8, 4) is 5.69 Å². The zero-order valence-electron chi connectivity index (χ0n) is 17.4. The molecule has 0 unspecified atom stereocenters. The predicted molar refractivity (Wildman–Crippen MR) is 115 cm³/mol. The molecule has 0 atom stereocenters. The first-order valence-corrected chi connectivity index (χ1v) is 10.1. The molecule has 1 N–H and O–H groups in total. The van der Waals surface area contributed by atoms with Crippen molar-refractivity contribution in [2.75, 3.05) is 0 Å². The van der Waals surface area contributed by atoms with Gasteiger partial charge < -0.3 is 5.32 Å². The van der Waals surface area contributed by atoms with E-state index in [4.69, 9.17) is 0 Å². The fourth-order valence-electron chi connectivity index (χ4n) is 3.36. The highest BCUT2D eigenvalue weighted by Gasteiger charge is 2.13. The lowest BCUT2D eigenvalue weighted by atomic mass is 10.2. The summed E-state index contributed by atoms with van der Waals surface area (Å²) in [5, 5.41) is 12.1. The van der Waals surface area contributed by atoms with Gasteiger partial charge in [0, 0.05) is 31.1 Å². The number of hydrogen-bond donors (Lipinski definition) is 1. The van der Waals surface area contributed by atoms with E-state index >= 15 is 0 Å². The van der Waals surface area contributed by atoms with Crippen LogP contribution in [0.25, 0.3) is 16.6 Å². The predicted octanol–water partition coefficient (Wildman–Crippen LogP) is 3.27. The summed E-state index contributed by atoms with van der Waals surface area (Å²) < 4.78 is 28.9. The maximum absolute atomic E-state index is 13.2. The van der Waals surface area contributed by atoms with Crippen LogP contribution < -0.4 is 10.9 Å². The van der Waals surface area contributed by atoms with Gasteiger partial charge in [-0.1, -0.05) is 12.1 Å².